The molecule has 0 saturated heterocycles. The molecule has 2 aromatic heterocycles. The molecule has 0 aliphatic rings. The van der Waals surface area contributed by atoms with Gasteiger partial charge in [0.15, 0.2) is 0 Å². The van der Waals surface area contributed by atoms with Gasteiger partial charge in [0.2, 0.25) is 0 Å². The van der Waals surface area contributed by atoms with Gasteiger partial charge in [-0.15, -0.1) is 0 Å². The highest BCUT2D eigenvalue weighted by atomic mass is 79.9. The Hall–Kier alpha value is -1.63. The molecule has 0 unspecified atom stereocenters. The summed E-state index contributed by atoms with van der Waals surface area (Å²) in [4.78, 5) is 14.2. The van der Waals surface area contributed by atoms with Crippen molar-refractivity contribution >= 4 is 21.6 Å². The monoisotopic (exact) mass is 353 g/mol. The number of hydrogen-bond donors (Lipinski definition) is 0. The minimum Gasteiger partial charge on any atom is -0.373 e. The zero-order chi connectivity index (χ0) is 15.6. The topological polar surface area (TPSA) is 56.0 Å². The van der Waals surface area contributed by atoms with Gasteiger partial charge in [-0.3, -0.25) is 9.48 Å². The van der Waals surface area contributed by atoms with Gasteiger partial charge in [-0.2, -0.15) is 10.2 Å². The Morgan fingerprint density at radius 2 is 2.05 bits per heavy atom. The Bertz CT molecular complexity index is 691. The number of aromatic nitrogens is 4. The van der Waals surface area contributed by atoms with Crippen LogP contribution in [0.4, 0.5) is 5.69 Å². The highest BCUT2D eigenvalue weighted by Gasteiger charge is 2.14. The first-order valence-corrected chi connectivity index (χ1v) is 7.77. The second-order valence-corrected chi connectivity index (χ2v) is 5.68. The molecule has 21 heavy (non-hydrogen) atoms. The van der Waals surface area contributed by atoms with E-state index in [1.807, 2.05) is 37.4 Å². The van der Waals surface area contributed by atoms with Gasteiger partial charge < -0.3 is 4.90 Å². The van der Waals surface area contributed by atoms with Crippen molar-refractivity contribution in [1.29, 1.82) is 0 Å². The number of rotatable bonds is 5. The Morgan fingerprint density at radius 3 is 2.62 bits per heavy atom. The average molecular weight is 354 g/mol. The van der Waals surface area contributed by atoms with E-state index in [0.717, 1.165) is 34.6 Å². The number of hydrogen-bond acceptors (Lipinski definition) is 4. The lowest BCUT2D eigenvalue weighted by Crippen LogP contribution is -2.26. The molecule has 2 aromatic rings. The van der Waals surface area contributed by atoms with E-state index in [4.69, 9.17) is 0 Å². The molecule has 2 heterocycles. The van der Waals surface area contributed by atoms with E-state index in [1.54, 1.807) is 12.3 Å². The standard InChI is InChI=1S/C14H20BrN5O/c1-5-18(4)11-7-13(21)20(16-8-11)9-12-14(15)10(3)17-19(12)6-2/h7-8H,5-6,9H2,1-4H3. The van der Waals surface area contributed by atoms with Crippen molar-refractivity contribution in [2.75, 3.05) is 18.5 Å². The molecule has 0 aromatic carbocycles. The van der Waals surface area contributed by atoms with Crippen LogP contribution in [0.5, 0.6) is 0 Å². The van der Waals surface area contributed by atoms with Gasteiger partial charge in [0, 0.05) is 26.2 Å². The van der Waals surface area contributed by atoms with Crippen molar-refractivity contribution < 1.29 is 0 Å². The Kier molecular flexibility index (Phi) is 4.82. The molecule has 0 aliphatic heterocycles. The minimum absolute atomic E-state index is 0.110. The molecular formula is C14H20BrN5O. The van der Waals surface area contributed by atoms with Gasteiger partial charge in [-0.1, -0.05) is 0 Å². The number of aryl methyl sites for hydroxylation is 2. The molecule has 0 amide bonds. The first kappa shape index (κ1) is 15.8. The zero-order valence-electron chi connectivity index (χ0n) is 12.8. The van der Waals surface area contributed by atoms with Gasteiger partial charge >= 0.3 is 0 Å². The molecule has 7 heteroatoms. The predicted octanol–water partition coefficient (Wildman–Crippen LogP) is 2.04. The zero-order valence-corrected chi connectivity index (χ0v) is 14.4. The summed E-state index contributed by atoms with van der Waals surface area (Å²) in [7, 11) is 1.94. The third kappa shape index (κ3) is 3.18. The van der Waals surface area contributed by atoms with Crippen molar-refractivity contribution in [1.82, 2.24) is 19.6 Å². The molecule has 2 rings (SSSR count). The van der Waals surface area contributed by atoms with E-state index in [9.17, 15) is 4.79 Å². The first-order valence-electron chi connectivity index (χ1n) is 6.98. The average Bonchev–Trinajstić information content (AvgIpc) is 2.75. The predicted molar refractivity (Wildman–Crippen MR) is 86.9 cm³/mol. The van der Waals surface area contributed by atoms with Crippen molar-refractivity contribution in [2.45, 2.75) is 33.9 Å². The summed E-state index contributed by atoms with van der Waals surface area (Å²) < 4.78 is 4.28. The maximum atomic E-state index is 12.2. The first-order chi connectivity index (χ1) is 9.97. The summed E-state index contributed by atoms with van der Waals surface area (Å²) in [6.45, 7) is 7.99. The molecule has 0 saturated carbocycles. The fourth-order valence-electron chi connectivity index (χ4n) is 2.10. The number of nitrogens with zero attached hydrogens (tertiary/aromatic N) is 5. The van der Waals surface area contributed by atoms with Gasteiger partial charge in [-0.25, -0.2) is 4.68 Å². The summed E-state index contributed by atoms with van der Waals surface area (Å²) in [5, 5.41) is 8.70. The Labute approximate surface area is 132 Å². The third-order valence-electron chi connectivity index (χ3n) is 3.52. The smallest absolute Gasteiger partial charge is 0.269 e. The van der Waals surface area contributed by atoms with Crippen LogP contribution in [0.15, 0.2) is 21.5 Å². The molecule has 0 spiro atoms. The van der Waals surface area contributed by atoms with Crippen molar-refractivity contribution in [3.05, 3.63) is 38.5 Å². The Morgan fingerprint density at radius 1 is 1.33 bits per heavy atom. The fourth-order valence-corrected chi connectivity index (χ4v) is 2.51. The molecule has 6 nitrogen and oxygen atoms in total. The quantitative estimate of drug-likeness (QED) is 0.825. The highest BCUT2D eigenvalue weighted by Crippen LogP contribution is 2.21. The summed E-state index contributed by atoms with van der Waals surface area (Å²) in [6, 6.07) is 1.61. The van der Waals surface area contributed by atoms with E-state index in [-0.39, 0.29) is 5.56 Å². The van der Waals surface area contributed by atoms with Crippen LogP contribution in [0.2, 0.25) is 0 Å². The van der Waals surface area contributed by atoms with E-state index < -0.39 is 0 Å². The molecule has 0 bridgehead atoms. The fraction of sp³-hybridized carbons (Fsp3) is 0.500. The molecule has 0 atom stereocenters. The van der Waals surface area contributed by atoms with Crippen LogP contribution in [-0.2, 0) is 13.1 Å². The van der Waals surface area contributed by atoms with Crippen molar-refractivity contribution in [3.8, 4) is 0 Å². The minimum atomic E-state index is -0.110. The van der Waals surface area contributed by atoms with Crippen LogP contribution in [0.1, 0.15) is 25.2 Å². The van der Waals surface area contributed by atoms with Crippen LogP contribution >= 0.6 is 15.9 Å². The highest BCUT2D eigenvalue weighted by molar-refractivity contribution is 9.10. The number of halogens is 1. The molecule has 0 N–H and O–H groups in total. The third-order valence-corrected chi connectivity index (χ3v) is 4.55. The summed E-state index contributed by atoms with van der Waals surface area (Å²) in [5.41, 5.74) is 2.60. The van der Waals surface area contributed by atoms with Crippen LogP contribution in [0.25, 0.3) is 0 Å². The Balaban J connectivity index is 2.35. The molecular weight excluding hydrogens is 334 g/mol. The number of anilines is 1. The van der Waals surface area contributed by atoms with E-state index in [1.165, 1.54) is 4.68 Å². The van der Waals surface area contributed by atoms with Crippen LogP contribution in [0, 0.1) is 6.92 Å². The molecule has 0 aliphatic carbocycles. The van der Waals surface area contributed by atoms with Gasteiger partial charge in [0.05, 0.1) is 34.3 Å². The van der Waals surface area contributed by atoms with Crippen LogP contribution < -0.4 is 10.5 Å². The second-order valence-electron chi connectivity index (χ2n) is 4.89. The lowest BCUT2D eigenvalue weighted by Gasteiger charge is -2.16. The molecule has 114 valence electrons. The van der Waals surface area contributed by atoms with Crippen LogP contribution in [-0.4, -0.2) is 33.2 Å². The van der Waals surface area contributed by atoms with E-state index >= 15 is 0 Å². The van der Waals surface area contributed by atoms with E-state index in [2.05, 4.69) is 26.1 Å². The van der Waals surface area contributed by atoms with E-state index in [0.29, 0.717) is 6.54 Å². The molecule has 0 radical (unpaired) electrons. The lowest BCUT2D eigenvalue weighted by molar-refractivity contribution is 0.557. The van der Waals surface area contributed by atoms with Gasteiger partial charge in [0.25, 0.3) is 5.56 Å². The maximum absolute atomic E-state index is 12.2. The maximum Gasteiger partial charge on any atom is 0.269 e. The normalized spacial score (nSPS) is 10.9. The summed E-state index contributed by atoms with van der Waals surface area (Å²) in [6.07, 6.45) is 1.72. The van der Waals surface area contributed by atoms with Crippen molar-refractivity contribution in [2.24, 2.45) is 0 Å². The SMILES string of the molecule is CCN(C)c1cnn(Cc2c(Br)c(C)nn2CC)c(=O)c1. The summed E-state index contributed by atoms with van der Waals surface area (Å²) >= 11 is 3.54. The largest absolute Gasteiger partial charge is 0.373 e. The van der Waals surface area contributed by atoms with Gasteiger partial charge in [-0.05, 0) is 36.7 Å². The molecule has 0 fully saturated rings. The van der Waals surface area contributed by atoms with Crippen molar-refractivity contribution in [3.63, 3.8) is 0 Å². The van der Waals surface area contributed by atoms with Crippen LogP contribution in [0.3, 0.4) is 0 Å². The summed E-state index contributed by atoms with van der Waals surface area (Å²) in [5.74, 6) is 0. The van der Waals surface area contributed by atoms with Gasteiger partial charge in [0.1, 0.15) is 0 Å². The second kappa shape index (κ2) is 6.43. The lowest BCUT2D eigenvalue weighted by atomic mass is 10.3.